The Morgan fingerprint density at radius 1 is 1.50 bits per heavy atom. The molecule has 7 heteroatoms. The smallest absolute Gasteiger partial charge is 0.539 e. The second-order valence-corrected chi connectivity index (χ2v) is 2.93. The summed E-state index contributed by atoms with van der Waals surface area (Å²) < 4.78 is 14.4. The highest BCUT2D eigenvalue weighted by Crippen LogP contribution is 2.28. The number of rotatable bonds is 3. The Labute approximate surface area is 79.3 Å². The third-order valence-corrected chi connectivity index (χ3v) is 1.71. The van der Waals surface area contributed by atoms with Gasteiger partial charge in [-0.25, -0.2) is 4.79 Å². The molecule has 0 saturated carbocycles. The van der Waals surface area contributed by atoms with E-state index in [-0.39, 0.29) is 11.5 Å². The lowest BCUT2D eigenvalue weighted by Crippen LogP contribution is -2.01. The van der Waals surface area contributed by atoms with Gasteiger partial charge in [0.1, 0.15) is 11.3 Å². The van der Waals surface area contributed by atoms with Gasteiger partial charge in [0.15, 0.2) is 0 Å². The Morgan fingerprint density at radius 3 is 2.64 bits per heavy atom. The number of benzene rings is 1. The Bertz CT molecular complexity index is 388. The molecule has 0 heterocycles. The summed E-state index contributed by atoms with van der Waals surface area (Å²) in [5.41, 5.74) is -0.413. The maximum absolute atomic E-state index is 10.6. The average molecular weight is 216 g/mol. The second-order valence-electron chi connectivity index (χ2n) is 2.30. The Balaban J connectivity index is 3.14. The van der Waals surface area contributed by atoms with E-state index in [1.807, 2.05) is 0 Å². The lowest BCUT2D eigenvalue weighted by molar-refractivity contribution is -0.178. The molecule has 0 amide bonds. The van der Waals surface area contributed by atoms with Gasteiger partial charge in [-0.2, -0.15) is 0 Å². The number of phenolic OH excluding ortho intramolecular Hbond substituents is 1. The third kappa shape index (κ3) is 2.42. The van der Waals surface area contributed by atoms with Crippen molar-refractivity contribution in [2.75, 3.05) is 0 Å². The van der Waals surface area contributed by atoms with Gasteiger partial charge in [-0.3, -0.25) is 4.52 Å². The minimum Gasteiger partial charge on any atom is -0.558 e. The summed E-state index contributed by atoms with van der Waals surface area (Å²) in [7, 11) is -3.17. The zero-order valence-corrected chi connectivity index (χ0v) is 7.60. The predicted molar refractivity (Wildman–Crippen MR) is 43.3 cm³/mol. The van der Waals surface area contributed by atoms with Crippen LogP contribution >= 0.6 is 8.25 Å². The Morgan fingerprint density at radius 2 is 2.14 bits per heavy atom. The maximum Gasteiger partial charge on any atom is 0.539 e. The molecule has 0 aliphatic rings. The fraction of sp³-hybridized carbons (Fsp3) is 0. The summed E-state index contributed by atoms with van der Waals surface area (Å²) in [4.78, 5) is 20.8. The van der Waals surface area contributed by atoms with E-state index in [2.05, 4.69) is 4.52 Å². The normalized spacial score (nSPS) is 10.8. The molecule has 74 valence electrons. The molecule has 0 fully saturated rings. The van der Waals surface area contributed by atoms with Gasteiger partial charge in [0.05, 0.1) is 0 Å². The van der Waals surface area contributed by atoms with E-state index in [1.165, 1.54) is 0 Å². The zero-order valence-electron chi connectivity index (χ0n) is 6.71. The first-order chi connectivity index (χ1) is 6.50. The van der Waals surface area contributed by atoms with E-state index >= 15 is 0 Å². The highest BCUT2D eigenvalue weighted by Gasteiger charge is 2.17. The van der Waals surface area contributed by atoms with E-state index < -0.39 is 19.8 Å². The molecule has 0 aliphatic heterocycles. The van der Waals surface area contributed by atoms with Gasteiger partial charge >= 0.3 is 14.2 Å². The van der Waals surface area contributed by atoms with Crippen LogP contribution in [0.5, 0.6) is 11.5 Å². The fourth-order valence-electron chi connectivity index (χ4n) is 0.845. The first-order valence-corrected chi connectivity index (χ1v) is 4.49. The number of aromatic carboxylic acids is 1. The van der Waals surface area contributed by atoms with E-state index in [0.29, 0.717) is 0 Å². The molecule has 0 radical (unpaired) electrons. The number of phenols is 1. The molecule has 6 nitrogen and oxygen atoms in total. The van der Waals surface area contributed by atoms with Crippen LogP contribution in [0, 0.1) is 0 Å². The van der Waals surface area contributed by atoms with Crippen LogP contribution in [0.2, 0.25) is 0 Å². The molecule has 0 saturated heterocycles. The Kier molecular flexibility index (Phi) is 3.01. The van der Waals surface area contributed by atoms with Gasteiger partial charge in [-0.1, -0.05) is 0 Å². The van der Waals surface area contributed by atoms with E-state index in [9.17, 15) is 14.3 Å². The molecule has 14 heavy (non-hydrogen) atoms. The number of hydrogen-bond acceptors (Lipinski definition) is 5. The summed E-state index contributed by atoms with van der Waals surface area (Å²) in [5.74, 6) is -1.99. The van der Waals surface area contributed by atoms with Crippen molar-refractivity contribution in [2.45, 2.75) is 0 Å². The summed E-state index contributed by atoms with van der Waals surface area (Å²) in [6.07, 6.45) is 0. The van der Waals surface area contributed by atoms with Crippen molar-refractivity contribution in [1.29, 1.82) is 0 Å². The van der Waals surface area contributed by atoms with Crippen molar-refractivity contribution in [3.63, 3.8) is 0 Å². The standard InChI is InChI=1S/C7H5O6P/c8-4-1-2-6(13-14(11)12)5(3-4)7(9)10/h1-3,8H,(H,9,10). The van der Waals surface area contributed by atoms with Gasteiger partial charge in [0.2, 0.25) is 5.75 Å². The second kappa shape index (κ2) is 4.04. The number of carbonyl (C=O) groups is 1. The molecule has 0 spiro atoms. The summed E-state index contributed by atoms with van der Waals surface area (Å²) in [6.45, 7) is 0. The molecule has 2 N–H and O–H groups in total. The van der Waals surface area contributed by atoms with Crippen LogP contribution in [0.25, 0.3) is 0 Å². The number of hydrogen-bond donors (Lipinski definition) is 2. The van der Waals surface area contributed by atoms with Gasteiger partial charge in [0, 0.05) is 0 Å². The molecule has 1 aromatic rings. The van der Waals surface area contributed by atoms with Crippen LogP contribution < -0.4 is 9.42 Å². The quantitative estimate of drug-likeness (QED) is 0.711. The van der Waals surface area contributed by atoms with E-state index in [0.717, 1.165) is 18.2 Å². The largest absolute Gasteiger partial charge is 0.558 e. The SMILES string of the molecule is O=C(O)c1cc(O)ccc1O[P+](=O)[O-]. The van der Waals surface area contributed by atoms with Gasteiger partial charge in [0.25, 0.3) is 0 Å². The molecule has 0 aliphatic carbocycles. The lowest BCUT2D eigenvalue weighted by Gasteiger charge is -2.00. The van der Waals surface area contributed by atoms with Crippen molar-refractivity contribution in [2.24, 2.45) is 0 Å². The maximum atomic E-state index is 10.6. The van der Waals surface area contributed by atoms with Crippen molar-refractivity contribution in [3.8, 4) is 11.5 Å². The number of carboxylic acid groups (broad SMARTS) is 1. The average Bonchev–Trinajstić information content (AvgIpc) is 2.07. The molecule has 1 unspecified atom stereocenters. The van der Waals surface area contributed by atoms with Crippen LogP contribution in [0.1, 0.15) is 10.4 Å². The summed E-state index contributed by atoms with van der Waals surface area (Å²) >= 11 is 0. The summed E-state index contributed by atoms with van der Waals surface area (Å²) in [6, 6.07) is 3.08. The molecular weight excluding hydrogens is 211 g/mol. The van der Waals surface area contributed by atoms with Crippen LogP contribution in [0.15, 0.2) is 18.2 Å². The molecule has 1 rings (SSSR count). The van der Waals surface area contributed by atoms with Crippen molar-refractivity contribution in [1.82, 2.24) is 0 Å². The van der Waals surface area contributed by atoms with E-state index in [1.54, 1.807) is 0 Å². The van der Waals surface area contributed by atoms with Crippen molar-refractivity contribution in [3.05, 3.63) is 23.8 Å². The van der Waals surface area contributed by atoms with Gasteiger partial charge in [-0.05, 0) is 22.8 Å². The summed E-state index contributed by atoms with van der Waals surface area (Å²) in [5, 5.41) is 17.6. The highest BCUT2D eigenvalue weighted by molar-refractivity contribution is 7.31. The third-order valence-electron chi connectivity index (χ3n) is 1.37. The molecule has 0 aromatic heterocycles. The topological polar surface area (TPSA) is 107 Å². The zero-order chi connectivity index (χ0) is 10.7. The monoisotopic (exact) mass is 216 g/mol. The number of carboxylic acids is 1. The predicted octanol–water partition coefficient (Wildman–Crippen LogP) is 0.487. The molecule has 1 atom stereocenters. The van der Waals surface area contributed by atoms with Crippen molar-refractivity contribution < 1.29 is 29.0 Å². The molecule has 1 aromatic carbocycles. The van der Waals surface area contributed by atoms with Gasteiger partial charge < -0.3 is 15.1 Å². The lowest BCUT2D eigenvalue weighted by atomic mass is 10.2. The van der Waals surface area contributed by atoms with Crippen molar-refractivity contribution >= 4 is 14.2 Å². The highest BCUT2D eigenvalue weighted by atomic mass is 31.1. The van der Waals surface area contributed by atoms with Gasteiger partial charge in [-0.15, -0.1) is 0 Å². The van der Waals surface area contributed by atoms with E-state index in [4.69, 9.17) is 10.2 Å². The minimum absolute atomic E-state index is 0.282. The molecular formula is C7H5O6P. The minimum atomic E-state index is -3.17. The molecule has 0 bridgehead atoms. The first-order valence-electron chi connectivity index (χ1n) is 3.39. The fourth-order valence-corrected chi connectivity index (χ4v) is 1.16. The number of aromatic hydroxyl groups is 1. The van der Waals surface area contributed by atoms with Crippen LogP contribution in [0.4, 0.5) is 0 Å². The van der Waals surface area contributed by atoms with Crippen LogP contribution in [-0.2, 0) is 4.57 Å². The first kappa shape index (κ1) is 10.4. The Hall–Kier alpha value is -1.65. The van der Waals surface area contributed by atoms with Crippen LogP contribution in [-0.4, -0.2) is 16.2 Å². The van der Waals surface area contributed by atoms with Crippen LogP contribution in [0.3, 0.4) is 0 Å².